The highest BCUT2D eigenvalue weighted by Gasteiger charge is 2.38. The van der Waals surface area contributed by atoms with E-state index in [9.17, 15) is 9.59 Å². The van der Waals surface area contributed by atoms with Crippen LogP contribution in [0.25, 0.3) is 11.4 Å². The average Bonchev–Trinajstić information content (AvgIpc) is 3.38. The SMILES string of the molecule is Cc1c(NC(=O)C2CC(=O)N(C3CCCC3)C2)cccc1-c1nncn1C. The van der Waals surface area contributed by atoms with Crippen LogP contribution in [0.3, 0.4) is 0 Å². The monoisotopic (exact) mass is 367 g/mol. The molecule has 1 unspecified atom stereocenters. The number of hydrogen-bond acceptors (Lipinski definition) is 4. The minimum atomic E-state index is -0.281. The summed E-state index contributed by atoms with van der Waals surface area (Å²) in [6.45, 7) is 2.50. The molecule has 0 radical (unpaired) electrons. The van der Waals surface area contributed by atoms with Crippen LogP contribution in [0.15, 0.2) is 24.5 Å². The van der Waals surface area contributed by atoms with E-state index in [2.05, 4.69) is 15.5 Å². The standard InChI is InChI=1S/C20H25N5O2/c1-13-16(19-23-21-12-24(19)2)8-5-9-17(13)22-20(27)14-10-18(26)25(11-14)15-6-3-4-7-15/h5,8-9,12,14-15H,3-4,6-7,10-11H2,1-2H3,(H,22,27). The molecule has 142 valence electrons. The van der Waals surface area contributed by atoms with Crippen LogP contribution in [0.5, 0.6) is 0 Å². The predicted octanol–water partition coefficient (Wildman–Crippen LogP) is 2.52. The van der Waals surface area contributed by atoms with E-state index in [1.807, 2.05) is 41.6 Å². The minimum absolute atomic E-state index is 0.0814. The highest BCUT2D eigenvalue weighted by Crippen LogP contribution is 2.31. The number of carbonyl (C=O) groups is 2. The zero-order valence-electron chi connectivity index (χ0n) is 15.8. The van der Waals surface area contributed by atoms with E-state index >= 15 is 0 Å². The number of anilines is 1. The summed E-state index contributed by atoms with van der Waals surface area (Å²) in [6.07, 6.45) is 6.46. The quantitative estimate of drug-likeness (QED) is 0.900. The fourth-order valence-electron chi connectivity index (χ4n) is 4.25. The maximum atomic E-state index is 12.8. The number of benzene rings is 1. The molecular formula is C20H25N5O2. The van der Waals surface area contributed by atoms with Gasteiger partial charge in [-0.15, -0.1) is 10.2 Å². The number of amides is 2. The first-order chi connectivity index (χ1) is 13.0. The van der Waals surface area contributed by atoms with Crippen molar-refractivity contribution in [1.82, 2.24) is 19.7 Å². The summed E-state index contributed by atoms with van der Waals surface area (Å²) >= 11 is 0. The van der Waals surface area contributed by atoms with Crippen molar-refractivity contribution in [1.29, 1.82) is 0 Å². The van der Waals surface area contributed by atoms with Gasteiger partial charge in [0.25, 0.3) is 0 Å². The summed E-state index contributed by atoms with van der Waals surface area (Å²) in [7, 11) is 1.89. The molecule has 7 heteroatoms. The number of rotatable bonds is 4. The van der Waals surface area contributed by atoms with E-state index in [0.717, 1.165) is 35.5 Å². The first-order valence-electron chi connectivity index (χ1n) is 9.59. The molecule has 27 heavy (non-hydrogen) atoms. The van der Waals surface area contributed by atoms with Crippen molar-refractivity contribution >= 4 is 17.5 Å². The first-order valence-corrected chi connectivity index (χ1v) is 9.59. The van der Waals surface area contributed by atoms with Gasteiger partial charge in [-0.2, -0.15) is 0 Å². The van der Waals surface area contributed by atoms with E-state index in [-0.39, 0.29) is 17.7 Å². The molecule has 1 aromatic heterocycles. The van der Waals surface area contributed by atoms with Crippen molar-refractivity contribution in [3.8, 4) is 11.4 Å². The third-order valence-corrected chi connectivity index (χ3v) is 5.84. The third-order valence-electron chi connectivity index (χ3n) is 5.84. The molecule has 2 aliphatic rings. The van der Waals surface area contributed by atoms with Crippen molar-refractivity contribution in [2.45, 2.75) is 45.1 Å². The number of nitrogens with zero attached hydrogens (tertiary/aromatic N) is 4. The van der Waals surface area contributed by atoms with Gasteiger partial charge in [-0.3, -0.25) is 9.59 Å². The number of nitrogens with one attached hydrogen (secondary N) is 1. The van der Waals surface area contributed by atoms with Crippen molar-refractivity contribution < 1.29 is 9.59 Å². The first kappa shape index (κ1) is 17.7. The maximum absolute atomic E-state index is 12.8. The Morgan fingerprint density at radius 1 is 1.26 bits per heavy atom. The van der Waals surface area contributed by atoms with Gasteiger partial charge in [0, 0.05) is 37.3 Å². The van der Waals surface area contributed by atoms with Crippen LogP contribution in [0.2, 0.25) is 0 Å². The van der Waals surface area contributed by atoms with Gasteiger partial charge < -0.3 is 14.8 Å². The molecule has 2 fully saturated rings. The van der Waals surface area contributed by atoms with Gasteiger partial charge >= 0.3 is 0 Å². The second-order valence-corrected chi connectivity index (χ2v) is 7.62. The van der Waals surface area contributed by atoms with Gasteiger partial charge in [-0.05, 0) is 31.4 Å². The smallest absolute Gasteiger partial charge is 0.229 e. The van der Waals surface area contributed by atoms with Crippen LogP contribution in [-0.2, 0) is 16.6 Å². The Hall–Kier alpha value is -2.70. The number of likely N-dealkylation sites (tertiary alicyclic amines) is 1. The molecule has 1 N–H and O–H groups in total. The summed E-state index contributed by atoms with van der Waals surface area (Å²) in [4.78, 5) is 27.1. The molecule has 2 heterocycles. The fraction of sp³-hybridized carbons (Fsp3) is 0.500. The summed E-state index contributed by atoms with van der Waals surface area (Å²) in [6, 6.07) is 6.09. The van der Waals surface area contributed by atoms with Crippen molar-refractivity contribution in [3.05, 3.63) is 30.1 Å². The van der Waals surface area contributed by atoms with Gasteiger partial charge in [-0.25, -0.2) is 0 Å². The molecule has 0 bridgehead atoms. The number of carbonyl (C=O) groups excluding carboxylic acids is 2. The molecule has 1 saturated carbocycles. The highest BCUT2D eigenvalue weighted by molar-refractivity contribution is 5.98. The highest BCUT2D eigenvalue weighted by atomic mass is 16.2. The Labute approximate surface area is 158 Å². The molecule has 7 nitrogen and oxygen atoms in total. The molecule has 0 spiro atoms. The molecular weight excluding hydrogens is 342 g/mol. The Bertz CT molecular complexity index is 869. The van der Waals surface area contributed by atoms with E-state index in [1.165, 1.54) is 12.8 Å². The van der Waals surface area contributed by atoms with Crippen LogP contribution < -0.4 is 5.32 Å². The van der Waals surface area contributed by atoms with Gasteiger partial charge in [-0.1, -0.05) is 25.0 Å². The maximum Gasteiger partial charge on any atom is 0.229 e. The lowest BCUT2D eigenvalue weighted by Gasteiger charge is -2.24. The van der Waals surface area contributed by atoms with Crippen LogP contribution in [-0.4, -0.2) is 44.1 Å². The van der Waals surface area contributed by atoms with E-state index in [1.54, 1.807) is 6.33 Å². The van der Waals surface area contributed by atoms with Crippen LogP contribution in [0.4, 0.5) is 5.69 Å². The Balaban J connectivity index is 1.49. The molecule has 2 aromatic rings. The molecule has 1 aliphatic carbocycles. The van der Waals surface area contributed by atoms with Crippen molar-refractivity contribution in [2.24, 2.45) is 13.0 Å². The topological polar surface area (TPSA) is 80.1 Å². The van der Waals surface area contributed by atoms with E-state index < -0.39 is 0 Å². The predicted molar refractivity (Wildman–Crippen MR) is 102 cm³/mol. The normalized spacial score (nSPS) is 20.4. The van der Waals surface area contributed by atoms with E-state index in [0.29, 0.717) is 19.0 Å². The Kier molecular flexibility index (Phi) is 4.68. The lowest BCUT2D eigenvalue weighted by Crippen LogP contribution is -2.35. The van der Waals surface area contributed by atoms with Crippen LogP contribution >= 0.6 is 0 Å². The summed E-state index contributed by atoms with van der Waals surface area (Å²) in [5, 5.41) is 11.1. The summed E-state index contributed by atoms with van der Waals surface area (Å²) in [5.74, 6) is 0.511. The van der Waals surface area contributed by atoms with Gasteiger partial charge in [0.1, 0.15) is 6.33 Å². The van der Waals surface area contributed by atoms with Gasteiger partial charge in [0.2, 0.25) is 11.8 Å². The molecule has 1 aliphatic heterocycles. The second-order valence-electron chi connectivity index (χ2n) is 7.62. The Morgan fingerprint density at radius 2 is 2.04 bits per heavy atom. The molecule has 1 aromatic carbocycles. The Morgan fingerprint density at radius 3 is 2.74 bits per heavy atom. The summed E-state index contributed by atoms with van der Waals surface area (Å²) in [5.41, 5.74) is 2.63. The molecule has 1 saturated heterocycles. The lowest BCUT2D eigenvalue weighted by molar-refractivity contribution is -0.129. The third kappa shape index (κ3) is 3.34. The van der Waals surface area contributed by atoms with Crippen molar-refractivity contribution in [2.75, 3.05) is 11.9 Å². The minimum Gasteiger partial charge on any atom is -0.339 e. The van der Waals surface area contributed by atoms with Gasteiger partial charge in [0.05, 0.1) is 5.92 Å². The zero-order valence-corrected chi connectivity index (χ0v) is 15.8. The fourth-order valence-corrected chi connectivity index (χ4v) is 4.25. The lowest BCUT2D eigenvalue weighted by atomic mass is 10.0. The zero-order chi connectivity index (χ0) is 19.0. The average molecular weight is 367 g/mol. The van der Waals surface area contributed by atoms with Crippen LogP contribution in [0.1, 0.15) is 37.7 Å². The number of aromatic nitrogens is 3. The summed E-state index contributed by atoms with van der Waals surface area (Å²) < 4.78 is 1.85. The van der Waals surface area contributed by atoms with Crippen LogP contribution in [0, 0.1) is 12.8 Å². The van der Waals surface area contributed by atoms with Gasteiger partial charge in [0.15, 0.2) is 5.82 Å². The molecule has 1 atom stereocenters. The van der Waals surface area contributed by atoms with E-state index in [4.69, 9.17) is 0 Å². The number of aryl methyl sites for hydroxylation is 1. The molecule has 2 amide bonds. The van der Waals surface area contributed by atoms with Crippen molar-refractivity contribution in [3.63, 3.8) is 0 Å². The largest absolute Gasteiger partial charge is 0.339 e. The molecule has 4 rings (SSSR count). The second kappa shape index (κ2) is 7.13. The number of hydrogen-bond donors (Lipinski definition) is 1.